The average Bonchev–Trinajstić information content (AvgIpc) is 2.78. The van der Waals surface area contributed by atoms with Gasteiger partial charge in [0.05, 0.1) is 0 Å². The molecule has 2 heterocycles. The molecule has 3 amide bonds. The summed E-state index contributed by atoms with van der Waals surface area (Å²) in [5.74, 6) is 0.547. The lowest BCUT2D eigenvalue weighted by Crippen LogP contribution is -2.53. The van der Waals surface area contributed by atoms with Crippen molar-refractivity contribution < 1.29 is 14.4 Å². The first-order valence-corrected chi connectivity index (χ1v) is 11.7. The van der Waals surface area contributed by atoms with Crippen molar-refractivity contribution in [1.82, 2.24) is 14.7 Å². The van der Waals surface area contributed by atoms with Gasteiger partial charge in [-0.05, 0) is 31.2 Å². The van der Waals surface area contributed by atoms with Gasteiger partial charge in [0.1, 0.15) is 0 Å². The molecule has 2 aliphatic rings. The van der Waals surface area contributed by atoms with Crippen molar-refractivity contribution in [3.8, 4) is 0 Å². The van der Waals surface area contributed by atoms with E-state index in [0.29, 0.717) is 45.7 Å². The van der Waals surface area contributed by atoms with Gasteiger partial charge in [0.15, 0.2) is 0 Å². The summed E-state index contributed by atoms with van der Waals surface area (Å²) in [4.78, 5) is 43.6. The van der Waals surface area contributed by atoms with E-state index in [4.69, 9.17) is 0 Å². The van der Waals surface area contributed by atoms with Crippen molar-refractivity contribution in [2.45, 2.75) is 52.9 Å². The molecule has 2 aliphatic heterocycles. The van der Waals surface area contributed by atoms with Crippen molar-refractivity contribution in [1.29, 1.82) is 0 Å². The number of likely N-dealkylation sites (tertiary alicyclic amines) is 1. The second kappa shape index (κ2) is 10.3. The zero-order valence-corrected chi connectivity index (χ0v) is 19.3. The van der Waals surface area contributed by atoms with Gasteiger partial charge in [0, 0.05) is 57.0 Å². The predicted octanol–water partition coefficient (Wildman–Crippen LogP) is 2.96. The van der Waals surface area contributed by atoms with E-state index in [9.17, 15) is 14.4 Å². The highest BCUT2D eigenvalue weighted by molar-refractivity contribution is 5.83. The fourth-order valence-electron chi connectivity index (χ4n) is 4.48. The van der Waals surface area contributed by atoms with E-state index < -0.39 is 0 Å². The molecule has 0 unspecified atom stereocenters. The summed E-state index contributed by atoms with van der Waals surface area (Å²) < 4.78 is 0. The second-order valence-electron chi connectivity index (χ2n) is 9.86. The molecule has 0 aromatic heterocycles. The Bertz CT molecular complexity index is 756. The largest absolute Gasteiger partial charge is 0.342 e. The Labute approximate surface area is 186 Å². The Morgan fingerprint density at radius 3 is 2.00 bits per heavy atom. The standard InChI is InChI=1S/C25H37N3O3/c1-25(2,3)24(31)28-14-12-21(13-15-28)23(30)27-18-16-26(17-19-27)22(29)11-7-10-20-8-5-4-6-9-20/h4-6,8-9,21H,7,10-19H2,1-3H3. The van der Waals surface area contributed by atoms with Gasteiger partial charge in [0.2, 0.25) is 17.7 Å². The SMILES string of the molecule is CC(C)(C)C(=O)N1CCC(C(=O)N2CCN(C(=O)CCCc3ccccc3)CC2)CC1. The van der Waals surface area contributed by atoms with Crippen molar-refractivity contribution in [3.63, 3.8) is 0 Å². The van der Waals surface area contributed by atoms with Crippen LogP contribution in [-0.2, 0) is 20.8 Å². The smallest absolute Gasteiger partial charge is 0.227 e. The van der Waals surface area contributed by atoms with E-state index in [1.54, 1.807) is 0 Å². The summed E-state index contributed by atoms with van der Waals surface area (Å²) >= 11 is 0. The van der Waals surface area contributed by atoms with E-state index in [1.165, 1.54) is 5.56 Å². The van der Waals surface area contributed by atoms with E-state index in [1.807, 2.05) is 53.7 Å². The molecule has 1 aromatic carbocycles. The van der Waals surface area contributed by atoms with Gasteiger partial charge in [-0.25, -0.2) is 0 Å². The van der Waals surface area contributed by atoms with Crippen LogP contribution in [0.4, 0.5) is 0 Å². The minimum Gasteiger partial charge on any atom is -0.342 e. The van der Waals surface area contributed by atoms with Crippen LogP contribution < -0.4 is 0 Å². The Kier molecular flexibility index (Phi) is 7.74. The molecular weight excluding hydrogens is 390 g/mol. The van der Waals surface area contributed by atoms with Gasteiger partial charge < -0.3 is 14.7 Å². The monoisotopic (exact) mass is 427 g/mol. The molecule has 0 N–H and O–H groups in total. The highest BCUT2D eigenvalue weighted by atomic mass is 16.2. The minimum absolute atomic E-state index is 0.00265. The Hall–Kier alpha value is -2.37. The maximum atomic E-state index is 13.0. The lowest BCUT2D eigenvalue weighted by molar-refractivity contribution is -0.146. The molecule has 0 radical (unpaired) electrons. The first-order valence-electron chi connectivity index (χ1n) is 11.7. The summed E-state index contributed by atoms with van der Waals surface area (Å²) in [5.41, 5.74) is 0.891. The molecule has 2 fully saturated rings. The van der Waals surface area contributed by atoms with E-state index in [2.05, 4.69) is 12.1 Å². The number of hydrogen-bond donors (Lipinski definition) is 0. The van der Waals surface area contributed by atoms with Crippen LogP contribution in [0, 0.1) is 11.3 Å². The lowest BCUT2D eigenvalue weighted by Gasteiger charge is -2.39. The number of nitrogens with zero attached hydrogens (tertiary/aromatic N) is 3. The summed E-state index contributed by atoms with van der Waals surface area (Å²) in [5, 5.41) is 0. The van der Waals surface area contributed by atoms with Crippen molar-refractivity contribution in [2.75, 3.05) is 39.3 Å². The van der Waals surface area contributed by atoms with Crippen LogP contribution in [0.25, 0.3) is 0 Å². The van der Waals surface area contributed by atoms with E-state index >= 15 is 0 Å². The first kappa shape index (κ1) is 23.3. The van der Waals surface area contributed by atoms with Crippen LogP contribution in [0.15, 0.2) is 30.3 Å². The number of amides is 3. The third-order valence-corrected chi connectivity index (χ3v) is 6.42. The number of piperidine rings is 1. The molecule has 6 heteroatoms. The molecule has 170 valence electrons. The number of hydrogen-bond acceptors (Lipinski definition) is 3. The summed E-state index contributed by atoms with van der Waals surface area (Å²) in [6, 6.07) is 10.3. The van der Waals surface area contributed by atoms with Crippen LogP contribution in [-0.4, -0.2) is 71.7 Å². The van der Waals surface area contributed by atoms with Crippen molar-refractivity contribution in [2.24, 2.45) is 11.3 Å². The second-order valence-corrected chi connectivity index (χ2v) is 9.86. The summed E-state index contributed by atoms with van der Waals surface area (Å²) in [6.07, 6.45) is 3.80. The average molecular weight is 428 g/mol. The van der Waals surface area contributed by atoms with Crippen LogP contribution >= 0.6 is 0 Å². The first-order chi connectivity index (χ1) is 14.8. The molecule has 2 saturated heterocycles. The van der Waals surface area contributed by atoms with Gasteiger partial charge in [-0.2, -0.15) is 0 Å². The topological polar surface area (TPSA) is 60.9 Å². The minimum atomic E-state index is -0.374. The molecule has 0 atom stereocenters. The highest BCUT2D eigenvalue weighted by Gasteiger charge is 2.34. The van der Waals surface area contributed by atoms with Crippen LogP contribution in [0.3, 0.4) is 0 Å². The molecule has 1 aromatic rings. The van der Waals surface area contributed by atoms with Crippen LogP contribution in [0.2, 0.25) is 0 Å². The van der Waals surface area contributed by atoms with Crippen molar-refractivity contribution in [3.05, 3.63) is 35.9 Å². The van der Waals surface area contributed by atoms with Gasteiger partial charge >= 0.3 is 0 Å². The van der Waals surface area contributed by atoms with Crippen LogP contribution in [0.1, 0.15) is 52.0 Å². The third-order valence-electron chi connectivity index (χ3n) is 6.42. The number of aryl methyl sites for hydroxylation is 1. The Morgan fingerprint density at radius 1 is 0.839 bits per heavy atom. The molecule has 31 heavy (non-hydrogen) atoms. The number of benzene rings is 1. The highest BCUT2D eigenvalue weighted by Crippen LogP contribution is 2.25. The number of piperazine rings is 1. The maximum Gasteiger partial charge on any atom is 0.227 e. The lowest BCUT2D eigenvalue weighted by atomic mass is 9.90. The molecule has 0 spiro atoms. The molecule has 0 aliphatic carbocycles. The van der Waals surface area contributed by atoms with E-state index in [0.717, 1.165) is 25.7 Å². The fraction of sp³-hybridized carbons (Fsp3) is 0.640. The molecule has 0 bridgehead atoms. The molecule has 6 nitrogen and oxygen atoms in total. The zero-order valence-electron chi connectivity index (χ0n) is 19.3. The van der Waals surface area contributed by atoms with Gasteiger partial charge in [-0.1, -0.05) is 51.1 Å². The van der Waals surface area contributed by atoms with Crippen molar-refractivity contribution >= 4 is 17.7 Å². The Balaban J connectivity index is 1.38. The molecule has 0 saturated carbocycles. The normalized spacial score (nSPS) is 18.2. The van der Waals surface area contributed by atoms with Gasteiger partial charge in [-0.3, -0.25) is 14.4 Å². The molecule has 3 rings (SSSR count). The fourth-order valence-corrected chi connectivity index (χ4v) is 4.48. The zero-order chi connectivity index (χ0) is 22.4. The number of carbonyl (C=O) groups is 3. The quantitative estimate of drug-likeness (QED) is 0.726. The molecular formula is C25H37N3O3. The summed E-state index contributed by atoms with van der Waals surface area (Å²) in [7, 11) is 0. The number of rotatable bonds is 5. The maximum absolute atomic E-state index is 13.0. The number of carbonyl (C=O) groups excluding carboxylic acids is 3. The third kappa shape index (κ3) is 6.31. The van der Waals surface area contributed by atoms with Gasteiger partial charge in [-0.15, -0.1) is 0 Å². The van der Waals surface area contributed by atoms with Gasteiger partial charge in [0.25, 0.3) is 0 Å². The Morgan fingerprint density at radius 2 is 1.42 bits per heavy atom. The predicted molar refractivity (Wildman–Crippen MR) is 121 cm³/mol. The summed E-state index contributed by atoms with van der Waals surface area (Å²) in [6.45, 7) is 9.61. The van der Waals surface area contributed by atoms with Crippen LogP contribution in [0.5, 0.6) is 0 Å². The van der Waals surface area contributed by atoms with E-state index in [-0.39, 0.29) is 29.1 Å².